The van der Waals surface area contributed by atoms with Crippen molar-refractivity contribution in [2.45, 2.75) is 17.9 Å². The van der Waals surface area contributed by atoms with Gasteiger partial charge in [0, 0.05) is 0 Å². The van der Waals surface area contributed by atoms with Gasteiger partial charge in [0.2, 0.25) is 0 Å². The van der Waals surface area contributed by atoms with Crippen molar-refractivity contribution in [3.05, 3.63) is 0 Å². The topological polar surface area (TPSA) is 21.9 Å². The monoisotopic (exact) mass is 199 g/mol. The Morgan fingerprint density at radius 2 is 2.33 bits per heavy atom. The molecule has 0 saturated carbocycles. The van der Waals surface area contributed by atoms with E-state index in [-0.39, 0.29) is 20.1 Å². The van der Waals surface area contributed by atoms with Gasteiger partial charge in [0.15, 0.2) is 0 Å². The molecule has 1 nitrogen and oxygen atoms in total. The van der Waals surface area contributed by atoms with E-state index in [1.807, 2.05) is 0 Å². The number of hydrogen-bond acceptors (Lipinski definition) is 1. The van der Waals surface area contributed by atoms with Crippen LogP contribution in [0.4, 0.5) is 0 Å². The summed E-state index contributed by atoms with van der Waals surface area (Å²) in [5, 5.41) is 0. The van der Waals surface area contributed by atoms with Gasteiger partial charge in [0.05, 0.1) is 0 Å². The van der Waals surface area contributed by atoms with Gasteiger partial charge in [-0.05, 0) is 0 Å². The molecule has 1 N–H and O–H groups in total. The van der Waals surface area contributed by atoms with Crippen molar-refractivity contribution in [1.29, 1.82) is 0 Å². The van der Waals surface area contributed by atoms with E-state index in [2.05, 4.69) is 17.4 Å². The first-order chi connectivity index (χ1) is 2.84. The first-order valence-electron chi connectivity index (χ1n) is 2.25. The number of hydrogen-bond donors (Lipinski definition) is 1. The number of rotatable bonds is 1. The summed E-state index contributed by atoms with van der Waals surface area (Å²) in [5.74, 6) is 0. The van der Waals surface area contributed by atoms with Crippen molar-refractivity contribution in [3.63, 3.8) is 0 Å². The van der Waals surface area contributed by atoms with Gasteiger partial charge in [0.1, 0.15) is 0 Å². The minimum atomic E-state index is -0.384. The molecule has 0 aromatic carbocycles. The summed E-state index contributed by atoms with van der Waals surface area (Å²) in [6.07, 6.45) is 0. The van der Waals surface area contributed by atoms with Crippen LogP contribution in [0.15, 0.2) is 0 Å². The molecule has 0 bridgehead atoms. The molecule has 1 rings (SSSR count). The maximum atomic E-state index is 3.44. The number of alkyl halides is 2. The first kappa shape index (κ1) is 4.84. The van der Waals surface area contributed by atoms with Gasteiger partial charge in [-0.1, -0.05) is 0 Å². The summed E-state index contributed by atoms with van der Waals surface area (Å²) in [6.45, 7) is 4.57. The van der Waals surface area contributed by atoms with Crippen molar-refractivity contribution in [1.82, 2.24) is 3.53 Å². The summed E-state index contributed by atoms with van der Waals surface area (Å²) in [4.78, 5) is 0. The molecular weight excluding hydrogens is 189 g/mol. The molecule has 1 saturated heterocycles. The summed E-state index contributed by atoms with van der Waals surface area (Å²) in [7, 11) is 0. The van der Waals surface area contributed by atoms with Gasteiger partial charge in [-0.15, -0.1) is 0 Å². The van der Waals surface area contributed by atoms with E-state index in [4.69, 9.17) is 0 Å². The Morgan fingerprint density at radius 1 is 1.83 bits per heavy atom. The van der Waals surface area contributed by atoms with Gasteiger partial charge in [0.25, 0.3) is 0 Å². The van der Waals surface area contributed by atoms with Crippen LogP contribution < -0.4 is 3.53 Å². The van der Waals surface area contributed by atoms with Crippen LogP contribution in [0.2, 0.25) is 0 Å². The Balaban J connectivity index is 2.09. The van der Waals surface area contributed by atoms with Crippen LogP contribution >= 0.6 is 20.1 Å². The molecule has 0 amide bonds. The minimum absolute atomic E-state index is 0.384. The molecule has 1 aliphatic heterocycles. The first-order valence-corrected chi connectivity index (χ1v) is 6.10. The van der Waals surface area contributed by atoms with Gasteiger partial charge in [-0.2, -0.15) is 0 Å². The fourth-order valence-corrected chi connectivity index (χ4v) is 4.32. The van der Waals surface area contributed by atoms with Crippen LogP contribution in [0.1, 0.15) is 13.8 Å². The second-order valence-electron chi connectivity index (χ2n) is 1.39. The molecule has 1 heterocycles. The predicted octanol–water partition coefficient (Wildman–Crippen LogP) is 1.38. The Labute approximate surface area is 46.2 Å². The average molecular weight is 199 g/mol. The molecule has 6 heavy (non-hydrogen) atoms. The summed E-state index contributed by atoms with van der Waals surface area (Å²) >= 11 is -0.384. The Kier molecular flexibility index (Phi) is 1.34. The van der Waals surface area contributed by atoms with Gasteiger partial charge in [-0.3, -0.25) is 0 Å². The van der Waals surface area contributed by atoms with Crippen molar-refractivity contribution < 1.29 is 0 Å². The summed E-state index contributed by atoms with van der Waals surface area (Å²) < 4.78 is 5.86. The average Bonchev–Trinajstić information content (AvgIpc) is 2.19. The zero-order chi connectivity index (χ0) is 4.57. The maximum absolute atomic E-state index is 3.44. The van der Waals surface area contributed by atoms with Crippen molar-refractivity contribution in [3.8, 4) is 0 Å². The summed E-state index contributed by atoms with van der Waals surface area (Å²) in [5.41, 5.74) is 0. The SMILES string of the molecule is CCI1NC1C. The second kappa shape index (κ2) is 1.66. The quantitative estimate of drug-likeness (QED) is 0.222. The molecule has 1 unspecified atom stereocenters. The third kappa shape index (κ3) is 0.846. The van der Waals surface area contributed by atoms with E-state index >= 15 is 0 Å². The molecule has 0 radical (unpaired) electrons. The third-order valence-corrected chi connectivity index (χ3v) is 6.20. The van der Waals surface area contributed by atoms with Crippen molar-refractivity contribution in [2.75, 3.05) is 4.43 Å². The van der Waals surface area contributed by atoms with Crippen molar-refractivity contribution >= 4 is 20.1 Å². The van der Waals surface area contributed by atoms with Gasteiger partial charge in [-0.25, -0.2) is 0 Å². The fourth-order valence-electron chi connectivity index (χ4n) is 0.478. The molecule has 1 atom stereocenters. The third-order valence-electron chi connectivity index (χ3n) is 0.924. The molecule has 2 heteroatoms. The molecule has 0 aliphatic carbocycles. The van der Waals surface area contributed by atoms with Crippen LogP contribution in [-0.4, -0.2) is 8.48 Å². The molecule has 1 fully saturated rings. The van der Waals surface area contributed by atoms with E-state index in [0.717, 1.165) is 4.05 Å². The van der Waals surface area contributed by atoms with Crippen LogP contribution in [-0.2, 0) is 0 Å². The molecule has 38 valence electrons. The molecule has 0 aromatic rings. The molecule has 0 aromatic heterocycles. The van der Waals surface area contributed by atoms with Crippen LogP contribution in [0, 0.1) is 0 Å². The standard InChI is InChI=1S/C4H10IN/c1-3-5-4(2)6-5/h4,6H,3H2,1-2H3. The van der Waals surface area contributed by atoms with E-state index in [9.17, 15) is 0 Å². The zero-order valence-electron chi connectivity index (χ0n) is 4.16. The normalized spacial score (nSPS) is 37.0. The van der Waals surface area contributed by atoms with Crippen molar-refractivity contribution in [2.24, 2.45) is 0 Å². The number of halogens is 1. The van der Waals surface area contributed by atoms with Crippen LogP contribution in [0.3, 0.4) is 0 Å². The van der Waals surface area contributed by atoms with Crippen LogP contribution in [0.5, 0.6) is 0 Å². The van der Waals surface area contributed by atoms with E-state index in [0.29, 0.717) is 0 Å². The van der Waals surface area contributed by atoms with Gasteiger partial charge >= 0.3 is 45.9 Å². The molecule has 0 spiro atoms. The Morgan fingerprint density at radius 3 is 2.33 bits per heavy atom. The van der Waals surface area contributed by atoms with Crippen LogP contribution in [0.25, 0.3) is 0 Å². The molecule has 1 aliphatic rings. The fraction of sp³-hybridized carbons (Fsp3) is 1.00. The Bertz CT molecular complexity index is 53.5. The van der Waals surface area contributed by atoms with E-state index < -0.39 is 0 Å². The summed E-state index contributed by atoms with van der Waals surface area (Å²) in [6, 6.07) is 0. The van der Waals surface area contributed by atoms with Gasteiger partial charge < -0.3 is 0 Å². The zero-order valence-corrected chi connectivity index (χ0v) is 6.32. The van der Waals surface area contributed by atoms with E-state index in [1.165, 1.54) is 4.43 Å². The number of nitrogens with one attached hydrogen (secondary N) is 1. The second-order valence-corrected chi connectivity index (χ2v) is 7.67. The molecular formula is C4H10IN. The predicted molar refractivity (Wildman–Crippen MR) is 37.2 cm³/mol. The Hall–Kier alpha value is 0.690. The van der Waals surface area contributed by atoms with E-state index in [1.54, 1.807) is 0 Å².